The first-order valence-electron chi connectivity index (χ1n) is 5.37. The van der Waals surface area contributed by atoms with Gasteiger partial charge in [-0.15, -0.1) is 0 Å². The molecule has 2 N–H and O–H groups in total. The summed E-state index contributed by atoms with van der Waals surface area (Å²) >= 11 is 5.71. The second-order valence-corrected chi connectivity index (χ2v) is 4.08. The lowest BCUT2D eigenvalue weighted by Gasteiger charge is -2.09. The highest BCUT2D eigenvalue weighted by Gasteiger charge is 2.12. The first-order chi connectivity index (χ1) is 9.11. The number of hydrogen-bond donors (Lipinski definition) is 2. The maximum absolute atomic E-state index is 10.9. The quantitative estimate of drug-likeness (QED) is 0.899. The van der Waals surface area contributed by atoms with Crippen LogP contribution in [0.15, 0.2) is 36.5 Å². The van der Waals surface area contributed by atoms with Crippen LogP contribution in [-0.2, 0) is 6.61 Å². The van der Waals surface area contributed by atoms with E-state index in [2.05, 4.69) is 4.98 Å². The van der Waals surface area contributed by atoms with Crippen LogP contribution in [0, 0.1) is 0 Å². The van der Waals surface area contributed by atoms with Crippen LogP contribution < -0.4 is 4.74 Å². The molecule has 0 aliphatic carbocycles. The first kappa shape index (κ1) is 13.3. The fourth-order valence-corrected chi connectivity index (χ4v) is 1.67. The highest BCUT2D eigenvalue weighted by molar-refractivity contribution is 6.33. The average Bonchev–Trinajstić information content (AvgIpc) is 2.41. The number of aliphatic hydroxyl groups excluding tert-OH is 1. The second kappa shape index (κ2) is 5.69. The number of carboxylic acids is 1. The zero-order valence-electron chi connectivity index (χ0n) is 9.71. The topological polar surface area (TPSA) is 79.7 Å². The van der Waals surface area contributed by atoms with E-state index >= 15 is 0 Å². The van der Waals surface area contributed by atoms with Gasteiger partial charge in [-0.1, -0.05) is 29.8 Å². The monoisotopic (exact) mass is 279 g/mol. The highest BCUT2D eigenvalue weighted by Crippen LogP contribution is 2.26. The molecule has 2 rings (SSSR count). The summed E-state index contributed by atoms with van der Waals surface area (Å²) in [6.07, 6.45) is 1.21. The molecule has 0 bridgehead atoms. The Morgan fingerprint density at radius 2 is 2.11 bits per heavy atom. The zero-order valence-corrected chi connectivity index (χ0v) is 10.5. The van der Waals surface area contributed by atoms with Crippen LogP contribution in [0.2, 0.25) is 5.02 Å². The van der Waals surface area contributed by atoms with E-state index in [1.54, 1.807) is 24.3 Å². The van der Waals surface area contributed by atoms with Crippen molar-refractivity contribution in [1.82, 2.24) is 4.98 Å². The average molecular weight is 280 g/mol. The molecule has 1 aromatic heterocycles. The maximum atomic E-state index is 10.9. The summed E-state index contributed by atoms with van der Waals surface area (Å²) in [4.78, 5) is 14.8. The van der Waals surface area contributed by atoms with Crippen molar-refractivity contribution in [1.29, 1.82) is 0 Å². The molecule has 2 aromatic rings. The summed E-state index contributed by atoms with van der Waals surface area (Å²) in [7, 11) is 0. The van der Waals surface area contributed by atoms with Gasteiger partial charge in [0.2, 0.25) is 5.88 Å². The fourth-order valence-electron chi connectivity index (χ4n) is 1.49. The lowest BCUT2D eigenvalue weighted by atomic mass is 10.2. The largest absolute Gasteiger partial charge is 0.478 e. The molecule has 98 valence electrons. The molecule has 0 saturated carbocycles. The second-order valence-electron chi connectivity index (χ2n) is 3.68. The minimum Gasteiger partial charge on any atom is -0.478 e. The standard InChI is InChI=1S/C13H10ClNO4/c14-10-6-15-12(5-9(10)13(17)18)19-11-4-2-1-3-8(11)7-16/h1-6,16H,7H2,(H,17,18). The number of aliphatic hydroxyl groups is 1. The molecule has 1 aromatic carbocycles. The summed E-state index contributed by atoms with van der Waals surface area (Å²) in [5.41, 5.74) is 0.490. The number of pyridine rings is 1. The predicted octanol–water partition coefficient (Wildman–Crippen LogP) is 2.72. The van der Waals surface area contributed by atoms with Crippen molar-refractivity contribution in [3.05, 3.63) is 52.7 Å². The number of carbonyl (C=O) groups is 1. The van der Waals surface area contributed by atoms with Crippen LogP contribution in [-0.4, -0.2) is 21.2 Å². The Labute approximate surface area is 114 Å². The smallest absolute Gasteiger partial charge is 0.337 e. The minimum atomic E-state index is -1.16. The van der Waals surface area contributed by atoms with Crippen molar-refractivity contribution >= 4 is 17.6 Å². The lowest BCUT2D eigenvalue weighted by Crippen LogP contribution is -2.00. The molecular formula is C13H10ClNO4. The fraction of sp³-hybridized carbons (Fsp3) is 0.0769. The third kappa shape index (κ3) is 3.01. The van der Waals surface area contributed by atoms with Gasteiger partial charge < -0.3 is 14.9 Å². The van der Waals surface area contributed by atoms with Gasteiger partial charge in [0.05, 0.1) is 23.4 Å². The van der Waals surface area contributed by atoms with Crippen molar-refractivity contribution in [2.75, 3.05) is 0 Å². The third-order valence-corrected chi connectivity index (χ3v) is 2.72. The van der Waals surface area contributed by atoms with E-state index in [4.69, 9.17) is 26.6 Å². The molecule has 6 heteroatoms. The molecule has 0 aliphatic rings. The number of benzene rings is 1. The van der Waals surface area contributed by atoms with Crippen LogP contribution in [0.3, 0.4) is 0 Å². The van der Waals surface area contributed by atoms with Gasteiger partial charge in [0, 0.05) is 11.6 Å². The summed E-state index contributed by atoms with van der Waals surface area (Å²) in [5.74, 6) is -0.647. The predicted molar refractivity (Wildman–Crippen MR) is 68.6 cm³/mol. The van der Waals surface area contributed by atoms with Crippen LogP contribution in [0.4, 0.5) is 0 Å². The number of aromatic carboxylic acids is 1. The number of ether oxygens (including phenoxy) is 1. The normalized spacial score (nSPS) is 10.2. The van der Waals surface area contributed by atoms with Crippen molar-refractivity contribution in [3.8, 4) is 11.6 Å². The van der Waals surface area contributed by atoms with E-state index < -0.39 is 5.97 Å². The van der Waals surface area contributed by atoms with Gasteiger partial charge in [-0.05, 0) is 6.07 Å². The number of nitrogens with zero attached hydrogens (tertiary/aromatic N) is 1. The summed E-state index contributed by atoms with van der Waals surface area (Å²) in [6.45, 7) is -0.185. The van der Waals surface area contributed by atoms with Gasteiger partial charge >= 0.3 is 5.97 Å². The minimum absolute atomic E-state index is 0.0373. The van der Waals surface area contributed by atoms with Crippen molar-refractivity contribution < 1.29 is 19.7 Å². The van der Waals surface area contributed by atoms with E-state index in [1.807, 2.05) is 0 Å². The molecule has 0 amide bonds. The van der Waals surface area contributed by atoms with Gasteiger partial charge in [0.25, 0.3) is 0 Å². The Morgan fingerprint density at radius 3 is 2.79 bits per heavy atom. The summed E-state index contributed by atoms with van der Waals surface area (Å²) in [5, 5.41) is 18.2. The molecule has 0 saturated heterocycles. The molecule has 0 atom stereocenters. The van der Waals surface area contributed by atoms with Crippen LogP contribution in [0.1, 0.15) is 15.9 Å². The summed E-state index contributed by atoms with van der Waals surface area (Å²) in [6, 6.07) is 8.09. The van der Waals surface area contributed by atoms with Crippen LogP contribution in [0.5, 0.6) is 11.6 Å². The van der Waals surface area contributed by atoms with E-state index in [1.165, 1.54) is 12.3 Å². The summed E-state index contributed by atoms with van der Waals surface area (Å²) < 4.78 is 5.45. The molecule has 0 radical (unpaired) electrons. The molecule has 0 unspecified atom stereocenters. The number of carboxylic acid groups (broad SMARTS) is 1. The van der Waals surface area contributed by atoms with Gasteiger partial charge in [-0.2, -0.15) is 0 Å². The Kier molecular flexibility index (Phi) is 3.99. The Bertz CT molecular complexity index is 615. The molecule has 5 nitrogen and oxygen atoms in total. The third-order valence-electron chi connectivity index (χ3n) is 2.42. The Morgan fingerprint density at radius 1 is 1.37 bits per heavy atom. The van der Waals surface area contributed by atoms with E-state index in [0.717, 1.165) is 0 Å². The van der Waals surface area contributed by atoms with Gasteiger partial charge in [0.1, 0.15) is 5.75 Å². The van der Waals surface area contributed by atoms with E-state index in [9.17, 15) is 4.79 Å². The Hall–Kier alpha value is -2.11. The first-order valence-corrected chi connectivity index (χ1v) is 5.75. The van der Waals surface area contributed by atoms with Crippen molar-refractivity contribution in [3.63, 3.8) is 0 Å². The van der Waals surface area contributed by atoms with Gasteiger partial charge in [-0.25, -0.2) is 9.78 Å². The maximum Gasteiger partial charge on any atom is 0.337 e. The Balaban J connectivity index is 2.33. The zero-order chi connectivity index (χ0) is 13.8. The number of rotatable bonds is 4. The van der Waals surface area contributed by atoms with Crippen LogP contribution >= 0.6 is 11.6 Å². The molecule has 0 aliphatic heterocycles. The molecule has 1 heterocycles. The molecule has 0 spiro atoms. The van der Waals surface area contributed by atoms with E-state index in [0.29, 0.717) is 11.3 Å². The highest BCUT2D eigenvalue weighted by atomic mass is 35.5. The molecular weight excluding hydrogens is 270 g/mol. The number of aromatic nitrogens is 1. The van der Waals surface area contributed by atoms with Gasteiger partial charge in [-0.3, -0.25) is 0 Å². The van der Waals surface area contributed by atoms with Crippen molar-refractivity contribution in [2.45, 2.75) is 6.61 Å². The molecule has 0 fully saturated rings. The number of para-hydroxylation sites is 1. The number of hydrogen-bond acceptors (Lipinski definition) is 4. The SMILES string of the molecule is O=C(O)c1cc(Oc2ccccc2CO)ncc1Cl. The van der Waals surface area contributed by atoms with Gasteiger partial charge in [0.15, 0.2) is 0 Å². The molecule has 19 heavy (non-hydrogen) atoms. The van der Waals surface area contributed by atoms with E-state index in [-0.39, 0.29) is 23.1 Å². The number of halogens is 1. The van der Waals surface area contributed by atoms with Crippen molar-refractivity contribution in [2.24, 2.45) is 0 Å². The lowest BCUT2D eigenvalue weighted by molar-refractivity contribution is 0.0696. The van der Waals surface area contributed by atoms with Crippen LogP contribution in [0.25, 0.3) is 0 Å².